The molecule has 1 rings (SSSR count). The Hall–Kier alpha value is -1.06. The summed E-state index contributed by atoms with van der Waals surface area (Å²) in [7, 11) is 0. The van der Waals surface area contributed by atoms with Crippen molar-refractivity contribution in [3.05, 3.63) is 0 Å². The number of amides is 1. The van der Waals surface area contributed by atoms with Gasteiger partial charge < -0.3 is 10.4 Å². The van der Waals surface area contributed by atoms with Gasteiger partial charge in [-0.05, 0) is 31.1 Å². The van der Waals surface area contributed by atoms with Crippen LogP contribution in [0.15, 0.2) is 0 Å². The Kier molecular flexibility index (Phi) is 9.11. The van der Waals surface area contributed by atoms with Gasteiger partial charge in [-0.25, -0.2) is 0 Å². The molecule has 1 saturated carbocycles. The van der Waals surface area contributed by atoms with E-state index in [1.54, 1.807) is 0 Å². The van der Waals surface area contributed by atoms with E-state index >= 15 is 0 Å². The van der Waals surface area contributed by atoms with Gasteiger partial charge in [0.2, 0.25) is 5.91 Å². The van der Waals surface area contributed by atoms with Gasteiger partial charge >= 0.3 is 5.97 Å². The van der Waals surface area contributed by atoms with Crippen LogP contribution in [0.2, 0.25) is 0 Å². The number of hydrogen-bond acceptors (Lipinski definition) is 2. The third-order valence-corrected chi connectivity index (χ3v) is 4.72. The highest BCUT2D eigenvalue weighted by molar-refractivity contribution is 5.75. The second-order valence-corrected chi connectivity index (χ2v) is 6.39. The largest absolute Gasteiger partial charge is 0.481 e. The monoisotopic (exact) mass is 297 g/mol. The minimum atomic E-state index is -0.732. The van der Waals surface area contributed by atoms with Gasteiger partial charge in [-0.15, -0.1) is 0 Å². The lowest BCUT2D eigenvalue weighted by Gasteiger charge is -2.21. The van der Waals surface area contributed by atoms with Gasteiger partial charge in [0.15, 0.2) is 0 Å². The van der Waals surface area contributed by atoms with Crippen molar-refractivity contribution >= 4 is 11.9 Å². The summed E-state index contributed by atoms with van der Waals surface area (Å²) in [6, 6.07) is 0. The molecule has 21 heavy (non-hydrogen) atoms. The Morgan fingerprint density at radius 1 is 1.14 bits per heavy atom. The molecule has 0 aromatic heterocycles. The van der Waals surface area contributed by atoms with Crippen molar-refractivity contribution in [2.24, 2.45) is 11.8 Å². The lowest BCUT2D eigenvalue weighted by molar-refractivity contribution is -0.137. The topological polar surface area (TPSA) is 66.4 Å². The van der Waals surface area contributed by atoms with Crippen LogP contribution in [0.3, 0.4) is 0 Å². The van der Waals surface area contributed by atoms with Crippen LogP contribution in [0, 0.1) is 11.8 Å². The van der Waals surface area contributed by atoms with Crippen LogP contribution in [-0.4, -0.2) is 23.5 Å². The van der Waals surface area contributed by atoms with Gasteiger partial charge in [-0.1, -0.05) is 45.4 Å². The maximum absolute atomic E-state index is 11.8. The van der Waals surface area contributed by atoms with E-state index in [1.807, 2.05) is 0 Å². The molecular weight excluding hydrogens is 266 g/mol. The number of carboxylic acids is 1. The van der Waals surface area contributed by atoms with E-state index in [2.05, 4.69) is 12.2 Å². The van der Waals surface area contributed by atoms with Crippen LogP contribution in [0.4, 0.5) is 0 Å². The molecule has 122 valence electrons. The summed E-state index contributed by atoms with van der Waals surface area (Å²) < 4.78 is 0. The van der Waals surface area contributed by atoms with Crippen LogP contribution in [0.5, 0.6) is 0 Å². The highest BCUT2D eigenvalue weighted by Crippen LogP contribution is 2.27. The van der Waals surface area contributed by atoms with Gasteiger partial charge in [0.05, 0.1) is 0 Å². The zero-order chi connectivity index (χ0) is 15.5. The average Bonchev–Trinajstić information content (AvgIpc) is 2.49. The third-order valence-electron chi connectivity index (χ3n) is 4.72. The van der Waals surface area contributed by atoms with Crippen molar-refractivity contribution in [2.75, 3.05) is 6.54 Å². The predicted octanol–water partition coefficient (Wildman–Crippen LogP) is 3.74. The van der Waals surface area contributed by atoms with Crippen molar-refractivity contribution in [2.45, 2.75) is 77.6 Å². The van der Waals surface area contributed by atoms with Gasteiger partial charge in [-0.3, -0.25) is 9.59 Å². The van der Waals surface area contributed by atoms with Crippen molar-refractivity contribution < 1.29 is 14.7 Å². The lowest BCUT2D eigenvalue weighted by atomic mass is 9.86. The summed E-state index contributed by atoms with van der Waals surface area (Å²) in [6.45, 7) is 2.76. The van der Waals surface area contributed by atoms with E-state index in [0.29, 0.717) is 25.3 Å². The van der Waals surface area contributed by atoms with E-state index < -0.39 is 5.97 Å². The second kappa shape index (κ2) is 10.6. The quantitative estimate of drug-likeness (QED) is 0.645. The van der Waals surface area contributed by atoms with Crippen molar-refractivity contribution in [3.63, 3.8) is 0 Å². The normalized spacial score (nSPS) is 17.4. The molecule has 4 nitrogen and oxygen atoms in total. The summed E-state index contributed by atoms with van der Waals surface area (Å²) in [5.74, 6) is 0.585. The van der Waals surface area contributed by atoms with Crippen LogP contribution in [0.25, 0.3) is 0 Å². The first-order valence-electron chi connectivity index (χ1n) is 8.60. The molecule has 1 aliphatic carbocycles. The number of rotatable bonds is 10. The molecule has 1 fully saturated rings. The fourth-order valence-corrected chi connectivity index (χ4v) is 3.20. The molecule has 1 atom stereocenters. The number of carboxylic acid groups (broad SMARTS) is 1. The zero-order valence-electron chi connectivity index (χ0n) is 13.4. The molecule has 0 radical (unpaired) electrons. The molecule has 1 unspecified atom stereocenters. The van der Waals surface area contributed by atoms with E-state index in [0.717, 1.165) is 25.2 Å². The van der Waals surface area contributed by atoms with Crippen molar-refractivity contribution in [1.82, 2.24) is 5.32 Å². The maximum atomic E-state index is 11.8. The Labute approximate surface area is 128 Å². The lowest BCUT2D eigenvalue weighted by Crippen LogP contribution is -2.26. The minimum Gasteiger partial charge on any atom is -0.481 e. The molecule has 0 bridgehead atoms. The van der Waals surface area contributed by atoms with Crippen molar-refractivity contribution in [3.8, 4) is 0 Å². The molecule has 0 aromatic carbocycles. The molecule has 0 saturated heterocycles. The first-order chi connectivity index (χ1) is 10.1. The van der Waals surface area contributed by atoms with Crippen LogP contribution >= 0.6 is 0 Å². The van der Waals surface area contributed by atoms with E-state index in [-0.39, 0.29) is 12.3 Å². The van der Waals surface area contributed by atoms with Crippen LogP contribution in [0.1, 0.15) is 77.6 Å². The first-order valence-corrected chi connectivity index (χ1v) is 8.60. The summed E-state index contributed by atoms with van der Waals surface area (Å²) in [5, 5.41) is 11.7. The fourth-order valence-electron chi connectivity index (χ4n) is 3.20. The van der Waals surface area contributed by atoms with E-state index in [1.165, 1.54) is 32.1 Å². The Morgan fingerprint density at radius 3 is 2.48 bits per heavy atom. The van der Waals surface area contributed by atoms with Gasteiger partial charge in [-0.2, -0.15) is 0 Å². The van der Waals surface area contributed by atoms with E-state index in [4.69, 9.17) is 5.11 Å². The highest BCUT2D eigenvalue weighted by atomic mass is 16.4. The summed E-state index contributed by atoms with van der Waals surface area (Å²) in [6.07, 6.45) is 11.1. The SMILES string of the molecule is CCC(CCNC(=O)CCC1CCCCC1)CCC(=O)O. The fraction of sp³-hybridized carbons (Fsp3) is 0.882. The Bertz CT molecular complexity index is 311. The smallest absolute Gasteiger partial charge is 0.303 e. The van der Waals surface area contributed by atoms with Gasteiger partial charge in [0.25, 0.3) is 0 Å². The molecule has 2 N–H and O–H groups in total. The Balaban J connectivity index is 2.06. The number of hydrogen-bond donors (Lipinski definition) is 2. The maximum Gasteiger partial charge on any atom is 0.303 e. The molecule has 0 spiro atoms. The van der Waals surface area contributed by atoms with E-state index in [9.17, 15) is 9.59 Å². The molecule has 0 aromatic rings. The number of carbonyl (C=O) groups excluding carboxylic acids is 1. The van der Waals surface area contributed by atoms with Gasteiger partial charge in [0, 0.05) is 19.4 Å². The first kappa shape index (κ1) is 18.0. The second-order valence-electron chi connectivity index (χ2n) is 6.39. The minimum absolute atomic E-state index is 0.161. The van der Waals surface area contributed by atoms with Gasteiger partial charge in [0.1, 0.15) is 0 Å². The van der Waals surface area contributed by atoms with Crippen LogP contribution in [-0.2, 0) is 9.59 Å². The van der Waals surface area contributed by atoms with Crippen LogP contribution < -0.4 is 5.32 Å². The molecule has 4 heteroatoms. The summed E-state index contributed by atoms with van der Waals surface area (Å²) >= 11 is 0. The highest BCUT2D eigenvalue weighted by Gasteiger charge is 2.15. The predicted molar refractivity (Wildman–Crippen MR) is 84.1 cm³/mol. The summed E-state index contributed by atoms with van der Waals surface area (Å²) in [5.41, 5.74) is 0. The van der Waals surface area contributed by atoms with Crippen molar-refractivity contribution in [1.29, 1.82) is 0 Å². The average molecular weight is 297 g/mol. The number of carbonyl (C=O) groups is 2. The molecule has 1 amide bonds. The zero-order valence-corrected chi connectivity index (χ0v) is 13.4. The molecule has 0 heterocycles. The standard InChI is InChI=1S/C17H31NO3/c1-2-14(9-11-17(20)21)12-13-18-16(19)10-8-15-6-4-3-5-7-15/h14-15H,2-13H2,1H3,(H,18,19)(H,20,21). The number of nitrogens with one attached hydrogen (secondary N) is 1. The molecule has 0 aliphatic heterocycles. The summed E-state index contributed by atoms with van der Waals surface area (Å²) in [4.78, 5) is 22.4. The Morgan fingerprint density at radius 2 is 1.86 bits per heavy atom. The molecular formula is C17H31NO3. The third kappa shape index (κ3) is 8.74. The molecule has 1 aliphatic rings. The number of aliphatic carboxylic acids is 1.